The molecule has 0 radical (unpaired) electrons. The topological polar surface area (TPSA) is 54.4 Å². The zero-order valence-corrected chi connectivity index (χ0v) is 8.32. The van der Waals surface area contributed by atoms with Crippen LogP contribution in [0.1, 0.15) is 34.3 Å². The molecule has 0 atom stereocenters. The maximum absolute atomic E-state index is 12.5. The SMILES string of the molecule is O=CCCc1ccc(C(F)F)c(C(=O)O)c1. The molecule has 0 aliphatic rings. The minimum Gasteiger partial charge on any atom is -0.478 e. The monoisotopic (exact) mass is 228 g/mol. The number of rotatable bonds is 5. The van der Waals surface area contributed by atoms with Crippen molar-refractivity contribution in [2.45, 2.75) is 19.3 Å². The highest BCUT2D eigenvalue weighted by atomic mass is 19.3. The van der Waals surface area contributed by atoms with Gasteiger partial charge in [-0.15, -0.1) is 0 Å². The first-order valence-corrected chi connectivity index (χ1v) is 4.64. The molecule has 0 aromatic heterocycles. The van der Waals surface area contributed by atoms with Crippen molar-refractivity contribution < 1.29 is 23.5 Å². The molecule has 0 amide bonds. The van der Waals surface area contributed by atoms with Gasteiger partial charge in [-0.2, -0.15) is 0 Å². The number of halogens is 2. The number of carboxylic acids is 1. The van der Waals surface area contributed by atoms with Crippen molar-refractivity contribution in [1.82, 2.24) is 0 Å². The number of hydrogen-bond donors (Lipinski definition) is 1. The van der Waals surface area contributed by atoms with Crippen LogP contribution in [0, 0.1) is 0 Å². The summed E-state index contributed by atoms with van der Waals surface area (Å²) < 4.78 is 24.9. The van der Waals surface area contributed by atoms with Crippen LogP contribution < -0.4 is 0 Å². The second-order valence-electron chi connectivity index (χ2n) is 3.23. The van der Waals surface area contributed by atoms with E-state index in [4.69, 9.17) is 5.11 Å². The smallest absolute Gasteiger partial charge is 0.336 e. The zero-order valence-electron chi connectivity index (χ0n) is 8.32. The molecule has 0 unspecified atom stereocenters. The van der Waals surface area contributed by atoms with Gasteiger partial charge in [0.05, 0.1) is 5.56 Å². The van der Waals surface area contributed by atoms with Gasteiger partial charge in [0.25, 0.3) is 6.43 Å². The number of aryl methyl sites for hydroxylation is 1. The van der Waals surface area contributed by atoms with Gasteiger partial charge in [-0.25, -0.2) is 13.6 Å². The Morgan fingerprint density at radius 1 is 1.44 bits per heavy atom. The Kier molecular flexibility index (Phi) is 4.10. The van der Waals surface area contributed by atoms with E-state index < -0.39 is 23.5 Å². The highest BCUT2D eigenvalue weighted by molar-refractivity contribution is 5.89. The second-order valence-corrected chi connectivity index (χ2v) is 3.23. The lowest BCUT2D eigenvalue weighted by molar-refractivity contribution is -0.107. The van der Waals surface area contributed by atoms with Gasteiger partial charge < -0.3 is 9.90 Å². The van der Waals surface area contributed by atoms with E-state index in [0.717, 1.165) is 6.07 Å². The molecule has 0 aliphatic heterocycles. The molecule has 0 saturated heterocycles. The Bertz CT molecular complexity index is 402. The molecule has 0 bridgehead atoms. The van der Waals surface area contributed by atoms with Gasteiger partial charge in [-0.05, 0) is 18.1 Å². The van der Waals surface area contributed by atoms with E-state index in [0.29, 0.717) is 18.3 Å². The largest absolute Gasteiger partial charge is 0.478 e. The summed E-state index contributed by atoms with van der Waals surface area (Å²) in [5, 5.41) is 8.76. The van der Waals surface area contributed by atoms with Crippen molar-refractivity contribution >= 4 is 12.3 Å². The Hall–Kier alpha value is -1.78. The third-order valence-electron chi connectivity index (χ3n) is 2.13. The van der Waals surface area contributed by atoms with Crippen LogP contribution in [-0.2, 0) is 11.2 Å². The molecule has 16 heavy (non-hydrogen) atoms. The second kappa shape index (κ2) is 5.34. The number of benzene rings is 1. The molecular formula is C11H10F2O3. The summed E-state index contributed by atoms with van der Waals surface area (Å²) in [6.45, 7) is 0. The predicted molar refractivity (Wildman–Crippen MR) is 52.7 cm³/mol. The number of carbonyl (C=O) groups excluding carboxylic acids is 1. The zero-order chi connectivity index (χ0) is 12.1. The van der Waals surface area contributed by atoms with Crippen LogP contribution in [0.5, 0.6) is 0 Å². The average Bonchev–Trinajstić information content (AvgIpc) is 2.25. The van der Waals surface area contributed by atoms with Gasteiger partial charge >= 0.3 is 5.97 Å². The quantitative estimate of drug-likeness (QED) is 0.787. The first kappa shape index (κ1) is 12.3. The Morgan fingerprint density at radius 3 is 2.62 bits per heavy atom. The van der Waals surface area contributed by atoms with Crippen LogP contribution in [0.4, 0.5) is 8.78 Å². The molecule has 0 spiro atoms. The predicted octanol–water partition coefficient (Wildman–Crippen LogP) is 2.45. The van der Waals surface area contributed by atoms with Crippen molar-refractivity contribution in [2.75, 3.05) is 0 Å². The normalized spacial score (nSPS) is 10.4. The minimum atomic E-state index is -2.81. The number of carbonyl (C=O) groups is 2. The summed E-state index contributed by atoms with van der Waals surface area (Å²) in [5.41, 5.74) is -0.338. The Labute approximate surface area is 90.7 Å². The molecule has 1 aromatic carbocycles. The van der Waals surface area contributed by atoms with Crippen LogP contribution in [0.25, 0.3) is 0 Å². The minimum absolute atomic E-state index is 0.243. The lowest BCUT2D eigenvalue weighted by Crippen LogP contribution is -2.04. The van der Waals surface area contributed by atoms with E-state index >= 15 is 0 Å². The average molecular weight is 228 g/mol. The molecule has 0 fully saturated rings. The Balaban J connectivity index is 3.07. The lowest BCUT2D eigenvalue weighted by Gasteiger charge is -2.07. The fraction of sp³-hybridized carbons (Fsp3) is 0.273. The van der Waals surface area contributed by atoms with Crippen LogP contribution in [-0.4, -0.2) is 17.4 Å². The standard InChI is InChI=1S/C11H10F2O3/c12-10(13)8-4-3-7(2-1-5-14)6-9(8)11(15)16/h3-6,10H,1-2H2,(H,15,16). The first-order valence-electron chi connectivity index (χ1n) is 4.64. The molecule has 1 N–H and O–H groups in total. The molecule has 5 heteroatoms. The van der Waals surface area contributed by atoms with Crippen LogP contribution in [0.3, 0.4) is 0 Å². The third-order valence-corrected chi connectivity index (χ3v) is 2.13. The molecule has 3 nitrogen and oxygen atoms in total. The van der Waals surface area contributed by atoms with Crippen LogP contribution in [0.15, 0.2) is 18.2 Å². The first-order chi connectivity index (χ1) is 7.56. The maximum atomic E-state index is 12.5. The number of alkyl halides is 2. The summed E-state index contributed by atoms with van der Waals surface area (Å²) >= 11 is 0. The van der Waals surface area contributed by atoms with E-state index in [1.165, 1.54) is 12.1 Å². The van der Waals surface area contributed by atoms with E-state index in [-0.39, 0.29) is 6.42 Å². The number of aromatic carboxylic acids is 1. The van der Waals surface area contributed by atoms with Crippen molar-refractivity contribution in [3.8, 4) is 0 Å². The number of carboxylic acid groups (broad SMARTS) is 1. The molecule has 1 aromatic rings. The molecule has 1 rings (SSSR count). The van der Waals surface area contributed by atoms with Crippen molar-refractivity contribution in [1.29, 1.82) is 0 Å². The Morgan fingerprint density at radius 2 is 2.12 bits per heavy atom. The molecule has 86 valence electrons. The summed E-state index contributed by atoms with van der Waals surface area (Å²) in [5.74, 6) is -1.39. The van der Waals surface area contributed by atoms with Crippen LogP contribution in [0.2, 0.25) is 0 Å². The van der Waals surface area contributed by atoms with Gasteiger partial charge in [0.2, 0.25) is 0 Å². The van der Waals surface area contributed by atoms with Gasteiger partial charge in [0.1, 0.15) is 6.29 Å². The maximum Gasteiger partial charge on any atom is 0.336 e. The van der Waals surface area contributed by atoms with E-state index in [2.05, 4.69) is 0 Å². The van der Waals surface area contributed by atoms with E-state index in [1.807, 2.05) is 0 Å². The van der Waals surface area contributed by atoms with E-state index in [1.54, 1.807) is 0 Å². The van der Waals surface area contributed by atoms with Gasteiger partial charge in [-0.1, -0.05) is 12.1 Å². The molecule has 0 heterocycles. The molecular weight excluding hydrogens is 218 g/mol. The van der Waals surface area contributed by atoms with Crippen LogP contribution >= 0.6 is 0 Å². The lowest BCUT2D eigenvalue weighted by atomic mass is 10.0. The third kappa shape index (κ3) is 2.85. The molecule has 0 aliphatic carbocycles. The number of hydrogen-bond acceptors (Lipinski definition) is 2. The summed E-state index contributed by atoms with van der Waals surface area (Å²) in [7, 11) is 0. The van der Waals surface area contributed by atoms with Crippen molar-refractivity contribution in [3.05, 3.63) is 34.9 Å². The molecule has 0 saturated carbocycles. The summed E-state index contributed by atoms with van der Waals surface area (Å²) in [6.07, 6.45) is -1.52. The van der Waals surface area contributed by atoms with Gasteiger partial charge in [0.15, 0.2) is 0 Å². The van der Waals surface area contributed by atoms with Crippen molar-refractivity contribution in [2.24, 2.45) is 0 Å². The highest BCUT2D eigenvalue weighted by Gasteiger charge is 2.17. The number of aldehydes is 1. The highest BCUT2D eigenvalue weighted by Crippen LogP contribution is 2.24. The van der Waals surface area contributed by atoms with E-state index in [9.17, 15) is 18.4 Å². The fourth-order valence-electron chi connectivity index (χ4n) is 1.36. The summed E-state index contributed by atoms with van der Waals surface area (Å²) in [6, 6.07) is 3.69. The van der Waals surface area contributed by atoms with Gasteiger partial charge in [0, 0.05) is 12.0 Å². The fourth-order valence-corrected chi connectivity index (χ4v) is 1.36. The van der Waals surface area contributed by atoms with Crippen molar-refractivity contribution in [3.63, 3.8) is 0 Å². The summed E-state index contributed by atoms with van der Waals surface area (Å²) in [4.78, 5) is 20.9. The van der Waals surface area contributed by atoms with Gasteiger partial charge in [-0.3, -0.25) is 0 Å².